The Labute approximate surface area is 118 Å². The van der Waals surface area contributed by atoms with Crippen LogP contribution in [0.5, 0.6) is 5.75 Å². The maximum Gasteiger partial charge on any atom is 0.260 e. The van der Waals surface area contributed by atoms with E-state index < -0.39 is 0 Å². The van der Waals surface area contributed by atoms with Gasteiger partial charge in [-0.25, -0.2) is 0 Å². The number of likely N-dealkylation sites (N-methyl/N-ethyl adjacent to an activating group) is 1. The van der Waals surface area contributed by atoms with Crippen molar-refractivity contribution in [2.75, 3.05) is 25.7 Å². The van der Waals surface area contributed by atoms with E-state index in [2.05, 4.69) is 0 Å². The summed E-state index contributed by atoms with van der Waals surface area (Å²) in [6.45, 7) is 1.95. The number of nitrogens with zero attached hydrogens (tertiary/aromatic N) is 2. The molecule has 0 bridgehead atoms. The van der Waals surface area contributed by atoms with Gasteiger partial charge in [-0.05, 0) is 25.3 Å². The SMILES string of the molecule is CSCC(C)N(C)C(=O)COc1ccccc1C#N. The highest BCUT2D eigenvalue weighted by atomic mass is 32.2. The number of hydrogen-bond acceptors (Lipinski definition) is 4. The molecule has 0 saturated carbocycles. The number of para-hydroxylation sites is 1. The van der Waals surface area contributed by atoms with Crippen LogP contribution in [-0.4, -0.2) is 42.5 Å². The fourth-order valence-electron chi connectivity index (χ4n) is 1.52. The van der Waals surface area contributed by atoms with E-state index in [1.807, 2.05) is 19.2 Å². The van der Waals surface area contributed by atoms with Crippen LogP contribution in [0, 0.1) is 11.3 Å². The van der Waals surface area contributed by atoms with Crippen LogP contribution < -0.4 is 4.74 Å². The van der Waals surface area contributed by atoms with Crippen LogP contribution >= 0.6 is 11.8 Å². The van der Waals surface area contributed by atoms with Crippen molar-refractivity contribution in [2.24, 2.45) is 0 Å². The molecule has 19 heavy (non-hydrogen) atoms. The molecule has 0 N–H and O–H groups in total. The van der Waals surface area contributed by atoms with Gasteiger partial charge in [-0.3, -0.25) is 4.79 Å². The summed E-state index contributed by atoms with van der Waals surface area (Å²) in [5.74, 6) is 1.25. The second-order valence-electron chi connectivity index (χ2n) is 4.21. The van der Waals surface area contributed by atoms with Gasteiger partial charge in [-0.15, -0.1) is 0 Å². The molecule has 1 unspecified atom stereocenters. The summed E-state index contributed by atoms with van der Waals surface area (Å²) in [5.41, 5.74) is 0.440. The number of nitriles is 1. The molecule has 0 heterocycles. The van der Waals surface area contributed by atoms with Crippen molar-refractivity contribution < 1.29 is 9.53 Å². The molecule has 4 nitrogen and oxygen atoms in total. The second kappa shape index (κ2) is 7.70. The average molecular weight is 278 g/mol. The number of benzene rings is 1. The van der Waals surface area contributed by atoms with E-state index in [1.54, 1.807) is 48.0 Å². The van der Waals surface area contributed by atoms with E-state index in [0.29, 0.717) is 11.3 Å². The van der Waals surface area contributed by atoms with Gasteiger partial charge in [0.05, 0.1) is 5.56 Å². The van der Waals surface area contributed by atoms with Gasteiger partial charge < -0.3 is 9.64 Å². The summed E-state index contributed by atoms with van der Waals surface area (Å²) in [6.07, 6.45) is 2.01. The third-order valence-electron chi connectivity index (χ3n) is 2.82. The number of carbonyl (C=O) groups excluding carboxylic acids is 1. The smallest absolute Gasteiger partial charge is 0.260 e. The van der Waals surface area contributed by atoms with Crippen LogP contribution in [0.4, 0.5) is 0 Å². The third kappa shape index (κ3) is 4.49. The molecule has 5 heteroatoms. The monoisotopic (exact) mass is 278 g/mol. The lowest BCUT2D eigenvalue weighted by atomic mass is 10.2. The molecule has 1 rings (SSSR count). The zero-order chi connectivity index (χ0) is 14.3. The van der Waals surface area contributed by atoms with Crippen molar-refractivity contribution in [2.45, 2.75) is 13.0 Å². The normalized spacial score (nSPS) is 11.5. The van der Waals surface area contributed by atoms with Crippen molar-refractivity contribution >= 4 is 17.7 Å². The first kappa shape index (κ1) is 15.4. The first-order valence-electron chi connectivity index (χ1n) is 5.96. The maximum absolute atomic E-state index is 11.9. The van der Waals surface area contributed by atoms with Gasteiger partial charge in [0.1, 0.15) is 11.8 Å². The minimum absolute atomic E-state index is 0.0477. The standard InChI is InChI=1S/C14H18N2O2S/c1-11(10-19-3)16(2)14(17)9-18-13-7-5-4-6-12(13)8-15/h4-7,11H,9-10H2,1-3H3. The molecule has 0 aliphatic heterocycles. The van der Waals surface area contributed by atoms with Gasteiger partial charge in [-0.2, -0.15) is 17.0 Å². The van der Waals surface area contributed by atoms with Gasteiger partial charge in [0.2, 0.25) is 0 Å². The third-order valence-corrected chi connectivity index (χ3v) is 3.64. The molecule has 1 aromatic rings. The molecule has 102 valence electrons. The predicted molar refractivity (Wildman–Crippen MR) is 77.3 cm³/mol. The Balaban J connectivity index is 2.57. The summed E-state index contributed by atoms with van der Waals surface area (Å²) in [7, 11) is 1.77. The van der Waals surface area contributed by atoms with E-state index >= 15 is 0 Å². The summed E-state index contributed by atoms with van der Waals surface area (Å²) >= 11 is 1.70. The van der Waals surface area contributed by atoms with Crippen LogP contribution in [0.15, 0.2) is 24.3 Å². The molecule has 0 aromatic heterocycles. The van der Waals surface area contributed by atoms with Crippen molar-refractivity contribution in [1.29, 1.82) is 5.26 Å². The Hall–Kier alpha value is -1.67. The first-order valence-corrected chi connectivity index (χ1v) is 7.36. The lowest BCUT2D eigenvalue weighted by Crippen LogP contribution is -2.39. The Kier molecular flexibility index (Phi) is 6.23. The molecule has 0 aliphatic carbocycles. The summed E-state index contributed by atoms with van der Waals surface area (Å²) in [5, 5.41) is 8.92. The molecule has 0 saturated heterocycles. The summed E-state index contributed by atoms with van der Waals surface area (Å²) in [4.78, 5) is 13.6. The van der Waals surface area contributed by atoms with Crippen molar-refractivity contribution in [3.05, 3.63) is 29.8 Å². The van der Waals surface area contributed by atoms with Gasteiger partial charge in [0.15, 0.2) is 6.61 Å². The van der Waals surface area contributed by atoms with Gasteiger partial charge in [0.25, 0.3) is 5.91 Å². The summed E-state index contributed by atoms with van der Waals surface area (Å²) in [6, 6.07) is 9.10. The van der Waals surface area contributed by atoms with Crippen LogP contribution in [-0.2, 0) is 4.79 Å². The summed E-state index contributed by atoms with van der Waals surface area (Å²) < 4.78 is 5.42. The largest absolute Gasteiger partial charge is 0.482 e. The molecule has 0 fully saturated rings. The van der Waals surface area contributed by atoms with Gasteiger partial charge >= 0.3 is 0 Å². The van der Waals surface area contributed by atoms with Gasteiger partial charge in [0, 0.05) is 18.8 Å². The number of carbonyl (C=O) groups is 1. The molecule has 0 spiro atoms. The number of thioether (sulfide) groups is 1. The molecule has 1 amide bonds. The highest BCUT2D eigenvalue weighted by Gasteiger charge is 2.16. The van der Waals surface area contributed by atoms with Crippen LogP contribution in [0.2, 0.25) is 0 Å². The Morgan fingerprint density at radius 1 is 1.53 bits per heavy atom. The highest BCUT2D eigenvalue weighted by Crippen LogP contribution is 2.16. The molecule has 1 aromatic carbocycles. The van der Waals surface area contributed by atoms with Crippen LogP contribution in [0.25, 0.3) is 0 Å². The Morgan fingerprint density at radius 2 is 2.21 bits per heavy atom. The fraction of sp³-hybridized carbons (Fsp3) is 0.429. The molecular weight excluding hydrogens is 260 g/mol. The fourth-order valence-corrected chi connectivity index (χ4v) is 2.23. The van der Waals surface area contributed by atoms with Gasteiger partial charge in [-0.1, -0.05) is 12.1 Å². The van der Waals surface area contributed by atoms with Crippen molar-refractivity contribution in [1.82, 2.24) is 4.90 Å². The van der Waals surface area contributed by atoms with Crippen molar-refractivity contribution in [3.8, 4) is 11.8 Å². The first-order chi connectivity index (χ1) is 9.10. The zero-order valence-electron chi connectivity index (χ0n) is 11.4. The molecule has 1 atom stereocenters. The van der Waals surface area contributed by atoms with E-state index in [0.717, 1.165) is 5.75 Å². The lowest BCUT2D eigenvalue weighted by molar-refractivity contribution is -0.133. The van der Waals surface area contributed by atoms with E-state index in [4.69, 9.17) is 10.00 Å². The Bertz CT molecular complexity index is 471. The van der Waals surface area contributed by atoms with Crippen molar-refractivity contribution in [3.63, 3.8) is 0 Å². The molecule has 0 aliphatic rings. The van der Waals surface area contributed by atoms with E-state index in [-0.39, 0.29) is 18.6 Å². The highest BCUT2D eigenvalue weighted by molar-refractivity contribution is 7.98. The van der Waals surface area contributed by atoms with Crippen LogP contribution in [0.1, 0.15) is 12.5 Å². The number of ether oxygens (including phenoxy) is 1. The quantitative estimate of drug-likeness (QED) is 0.800. The lowest BCUT2D eigenvalue weighted by Gasteiger charge is -2.24. The minimum atomic E-state index is -0.0886. The number of hydrogen-bond donors (Lipinski definition) is 0. The van der Waals surface area contributed by atoms with Crippen LogP contribution in [0.3, 0.4) is 0 Å². The Morgan fingerprint density at radius 3 is 2.84 bits per heavy atom. The molecular formula is C14H18N2O2S. The predicted octanol–water partition coefficient (Wildman–Crippen LogP) is 2.15. The topological polar surface area (TPSA) is 53.3 Å². The number of amides is 1. The van der Waals surface area contributed by atoms with E-state index in [1.165, 1.54) is 0 Å². The average Bonchev–Trinajstić information content (AvgIpc) is 2.44. The molecule has 0 radical (unpaired) electrons. The maximum atomic E-state index is 11.9. The zero-order valence-corrected chi connectivity index (χ0v) is 12.2. The number of rotatable bonds is 6. The van der Waals surface area contributed by atoms with E-state index in [9.17, 15) is 4.79 Å². The minimum Gasteiger partial charge on any atom is -0.482 e. The second-order valence-corrected chi connectivity index (χ2v) is 5.12.